The molecule has 1 atom stereocenters. The lowest BCUT2D eigenvalue weighted by atomic mass is 9.88. The van der Waals surface area contributed by atoms with Crippen LogP contribution in [-0.2, 0) is 0 Å². The summed E-state index contributed by atoms with van der Waals surface area (Å²) < 4.78 is 5.05. The van der Waals surface area contributed by atoms with Gasteiger partial charge < -0.3 is 9.84 Å². The summed E-state index contributed by atoms with van der Waals surface area (Å²) in [5, 5.41) is 9.37. The Hall–Kier alpha value is -0.955. The van der Waals surface area contributed by atoms with Gasteiger partial charge in [-0.25, -0.2) is 0 Å². The molecule has 12 heavy (non-hydrogen) atoms. The summed E-state index contributed by atoms with van der Waals surface area (Å²) in [7, 11) is 3.60. The van der Waals surface area contributed by atoms with Gasteiger partial charge in [0.1, 0.15) is 13.6 Å². The normalized spacial score (nSPS) is 12.6. The SMILES string of the molecule is Bc1ccc(OC)cc1C(C)O. The molecule has 0 amide bonds. The van der Waals surface area contributed by atoms with Gasteiger partial charge in [0.05, 0.1) is 13.2 Å². The minimum atomic E-state index is -0.430. The number of hydrogen-bond donors (Lipinski definition) is 1. The summed E-state index contributed by atoms with van der Waals surface area (Å²) in [6.07, 6.45) is -0.430. The number of ether oxygens (including phenoxy) is 1. The maximum atomic E-state index is 9.37. The Labute approximate surface area is 73.6 Å². The zero-order valence-corrected chi connectivity index (χ0v) is 7.66. The highest BCUT2D eigenvalue weighted by Gasteiger charge is 2.05. The molecule has 0 radical (unpaired) electrons. The first-order valence-electron chi connectivity index (χ1n) is 3.97. The van der Waals surface area contributed by atoms with Crippen LogP contribution in [0.25, 0.3) is 0 Å². The Morgan fingerprint density at radius 3 is 2.67 bits per heavy atom. The molecule has 0 aliphatic carbocycles. The minimum Gasteiger partial charge on any atom is -0.497 e. The first kappa shape index (κ1) is 9.14. The van der Waals surface area contributed by atoms with Gasteiger partial charge in [-0.05, 0) is 24.6 Å². The summed E-state index contributed by atoms with van der Waals surface area (Å²) in [5.41, 5.74) is 2.01. The highest BCUT2D eigenvalue weighted by Crippen LogP contribution is 2.15. The van der Waals surface area contributed by atoms with Crippen molar-refractivity contribution < 1.29 is 9.84 Å². The lowest BCUT2D eigenvalue weighted by Gasteiger charge is -2.10. The van der Waals surface area contributed by atoms with Crippen LogP contribution in [0.1, 0.15) is 18.6 Å². The topological polar surface area (TPSA) is 29.5 Å². The number of methoxy groups -OCH3 is 1. The summed E-state index contributed by atoms with van der Waals surface area (Å²) in [6.45, 7) is 1.75. The molecule has 0 aliphatic heterocycles. The maximum absolute atomic E-state index is 9.37. The highest BCUT2D eigenvalue weighted by molar-refractivity contribution is 6.33. The third-order valence-corrected chi connectivity index (χ3v) is 1.94. The fourth-order valence-corrected chi connectivity index (χ4v) is 1.20. The molecule has 0 bridgehead atoms. The van der Waals surface area contributed by atoms with Gasteiger partial charge in [0.25, 0.3) is 0 Å². The van der Waals surface area contributed by atoms with E-state index in [-0.39, 0.29) is 0 Å². The van der Waals surface area contributed by atoms with E-state index in [0.29, 0.717) is 0 Å². The lowest BCUT2D eigenvalue weighted by Crippen LogP contribution is -2.12. The minimum absolute atomic E-state index is 0.430. The lowest BCUT2D eigenvalue weighted by molar-refractivity contribution is 0.200. The van der Waals surface area contributed by atoms with Gasteiger partial charge in [0, 0.05) is 0 Å². The molecule has 0 saturated heterocycles. The molecule has 1 aromatic rings. The second-order valence-corrected chi connectivity index (χ2v) is 2.90. The summed E-state index contributed by atoms with van der Waals surface area (Å²) in [6, 6.07) is 5.70. The van der Waals surface area contributed by atoms with Crippen LogP contribution in [0.15, 0.2) is 18.2 Å². The second kappa shape index (κ2) is 3.63. The molecule has 0 heterocycles. The van der Waals surface area contributed by atoms with E-state index in [2.05, 4.69) is 0 Å². The molecular weight excluding hydrogens is 151 g/mol. The molecule has 64 valence electrons. The molecule has 1 unspecified atom stereocenters. The summed E-state index contributed by atoms with van der Waals surface area (Å²) in [5.74, 6) is 0.788. The van der Waals surface area contributed by atoms with Crippen LogP contribution in [0, 0.1) is 0 Å². The molecule has 1 rings (SSSR count). The van der Waals surface area contributed by atoms with Crippen molar-refractivity contribution in [3.05, 3.63) is 23.8 Å². The molecule has 1 aromatic carbocycles. The average molecular weight is 164 g/mol. The number of rotatable bonds is 2. The quantitative estimate of drug-likeness (QED) is 0.623. The Kier molecular flexibility index (Phi) is 2.76. The van der Waals surface area contributed by atoms with Crippen molar-refractivity contribution in [2.45, 2.75) is 13.0 Å². The molecule has 3 heteroatoms. The van der Waals surface area contributed by atoms with Crippen molar-refractivity contribution in [3.8, 4) is 5.75 Å². The van der Waals surface area contributed by atoms with Gasteiger partial charge in [0.2, 0.25) is 0 Å². The third-order valence-electron chi connectivity index (χ3n) is 1.94. The Morgan fingerprint density at radius 2 is 2.17 bits per heavy atom. The van der Waals surface area contributed by atoms with E-state index in [4.69, 9.17) is 4.74 Å². The first-order chi connectivity index (χ1) is 5.65. The fourth-order valence-electron chi connectivity index (χ4n) is 1.20. The fraction of sp³-hybridized carbons (Fsp3) is 0.333. The van der Waals surface area contributed by atoms with E-state index in [1.54, 1.807) is 14.0 Å². The maximum Gasteiger partial charge on any atom is 0.139 e. The van der Waals surface area contributed by atoms with E-state index in [9.17, 15) is 5.11 Å². The van der Waals surface area contributed by atoms with Crippen molar-refractivity contribution in [3.63, 3.8) is 0 Å². The van der Waals surface area contributed by atoms with Crippen LogP contribution >= 0.6 is 0 Å². The molecule has 0 aromatic heterocycles. The van der Waals surface area contributed by atoms with Crippen molar-refractivity contribution in [1.82, 2.24) is 0 Å². The zero-order chi connectivity index (χ0) is 9.14. The van der Waals surface area contributed by atoms with Crippen molar-refractivity contribution in [2.24, 2.45) is 0 Å². The van der Waals surface area contributed by atoms with Gasteiger partial charge in [-0.2, -0.15) is 0 Å². The van der Waals surface area contributed by atoms with E-state index in [1.807, 2.05) is 26.0 Å². The average Bonchev–Trinajstić information content (AvgIpc) is 2.05. The smallest absolute Gasteiger partial charge is 0.139 e. The molecule has 0 spiro atoms. The predicted octanol–water partition coefficient (Wildman–Crippen LogP) is 0.00690. The van der Waals surface area contributed by atoms with Crippen LogP contribution in [0.5, 0.6) is 5.75 Å². The van der Waals surface area contributed by atoms with Crippen LogP contribution in [0.4, 0.5) is 0 Å². The predicted molar refractivity (Wildman–Crippen MR) is 51.8 cm³/mol. The van der Waals surface area contributed by atoms with Crippen LogP contribution in [-0.4, -0.2) is 20.1 Å². The molecule has 0 aliphatic rings. The van der Waals surface area contributed by atoms with E-state index < -0.39 is 6.10 Å². The molecule has 1 N–H and O–H groups in total. The highest BCUT2D eigenvalue weighted by atomic mass is 16.5. The zero-order valence-electron chi connectivity index (χ0n) is 7.66. The Morgan fingerprint density at radius 1 is 1.50 bits per heavy atom. The Balaban J connectivity index is 3.08. The standard InChI is InChI=1S/C9H13BO2/c1-6(11)8-5-7(12-2)3-4-9(8)10/h3-6,11H,10H2,1-2H3. The van der Waals surface area contributed by atoms with Gasteiger partial charge >= 0.3 is 0 Å². The molecular formula is C9H13BO2. The summed E-state index contributed by atoms with van der Waals surface area (Å²) >= 11 is 0. The van der Waals surface area contributed by atoms with Crippen LogP contribution < -0.4 is 10.2 Å². The summed E-state index contributed by atoms with van der Waals surface area (Å²) in [4.78, 5) is 0. The van der Waals surface area contributed by atoms with Crippen molar-refractivity contribution in [1.29, 1.82) is 0 Å². The Bertz CT molecular complexity index is 271. The molecule has 0 fully saturated rings. The van der Waals surface area contributed by atoms with E-state index in [0.717, 1.165) is 16.8 Å². The monoisotopic (exact) mass is 164 g/mol. The number of hydrogen-bond acceptors (Lipinski definition) is 2. The first-order valence-corrected chi connectivity index (χ1v) is 3.97. The largest absolute Gasteiger partial charge is 0.497 e. The van der Waals surface area contributed by atoms with Gasteiger partial charge in [-0.15, -0.1) is 0 Å². The van der Waals surface area contributed by atoms with E-state index >= 15 is 0 Å². The van der Waals surface area contributed by atoms with Gasteiger partial charge in [-0.1, -0.05) is 11.5 Å². The second-order valence-electron chi connectivity index (χ2n) is 2.90. The third kappa shape index (κ3) is 1.80. The van der Waals surface area contributed by atoms with Gasteiger partial charge in [-0.3, -0.25) is 0 Å². The number of aliphatic hydroxyl groups is 1. The number of benzene rings is 1. The van der Waals surface area contributed by atoms with Crippen LogP contribution in [0.2, 0.25) is 0 Å². The van der Waals surface area contributed by atoms with Crippen molar-refractivity contribution >= 4 is 13.3 Å². The van der Waals surface area contributed by atoms with E-state index in [1.165, 1.54) is 0 Å². The van der Waals surface area contributed by atoms with Crippen LogP contribution in [0.3, 0.4) is 0 Å². The molecule has 0 saturated carbocycles. The van der Waals surface area contributed by atoms with Crippen molar-refractivity contribution in [2.75, 3.05) is 7.11 Å². The molecule has 2 nitrogen and oxygen atoms in total. The number of aliphatic hydroxyl groups excluding tert-OH is 1. The van der Waals surface area contributed by atoms with Gasteiger partial charge in [0.15, 0.2) is 0 Å².